The summed E-state index contributed by atoms with van der Waals surface area (Å²) >= 11 is 0.0751. The molecule has 0 spiro atoms. The first-order valence-electron chi connectivity index (χ1n) is 3.90. The third-order valence-electron chi connectivity index (χ3n) is 1.21. The van der Waals surface area contributed by atoms with Crippen LogP contribution in [0.2, 0.25) is 0 Å². The van der Waals surface area contributed by atoms with Gasteiger partial charge in [-0.3, -0.25) is 0 Å². The Bertz CT molecular complexity index is 141. The molecule has 12 heavy (non-hydrogen) atoms. The second kappa shape index (κ2) is 7.52. The molecule has 72 valence electrons. The Labute approximate surface area is 83.6 Å². The first-order chi connectivity index (χ1) is 5.63. The molecule has 0 fully saturated rings. The number of carbonyl (C=O) groups is 2. The van der Waals surface area contributed by atoms with E-state index in [9.17, 15) is 9.59 Å². The quantitative estimate of drug-likeness (QED) is 0.254. The van der Waals surface area contributed by atoms with E-state index in [4.69, 9.17) is 0 Å². The molecule has 0 bridgehead atoms. The molecular weight excluding hydrogens is 269 g/mol. The molecule has 0 aromatic heterocycles. The second-order valence-corrected chi connectivity index (χ2v) is 5.47. The second-order valence-electron chi connectivity index (χ2n) is 2.55. The number of halogens is 1. The summed E-state index contributed by atoms with van der Waals surface area (Å²) in [5, 5.41) is 2.76. The van der Waals surface area contributed by atoms with Gasteiger partial charge in [-0.15, -0.1) is 0 Å². The SMILES string of the molecule is CC(=O)CCC[I-]CNC(C)=O. The molecule has 0 atom stereocenters. The molecule has 1 N–H and O–H groups in total. The molecule has 3 nitrogen and oxygen atoms in total. The fourth-order valence-corrected chi connectivity index (χ4v) is 2.73. The van der Waals surface area contributed by atoms with Gasteiger partial charge in [0.25, 0.3) is 0 Å². The third kappa shape index (κ3) is 9.87. The zero-order chi connectivity index (χ0) is 9.40. The third-order valence-corrected chi connectivity index (χ3v) is 3.65. The summed E-state index contributed by atoms with van der Waals surface area (Å²) in [6.07, 6.45) is 1.68. The Morgan fingerprint density at radius 3 is 2.50 bits per heavy atom. The van der Waals surface area contributed by atoms with Crippen molar-refractivity contribution in [1.29, 1.82) is 0 Å². The Hall–Kier alpha value is -0.130. The van der Waals surface area contributed by atoms with Gasteiger partial charge < -0.3 is 0 Å². The van der Waals surface area contributed by atoms with Crippen LogP contribution < -0.4 is 26.5 Å². The number of hydrogen-bond acceptors (Lipinski definition) is 2. The van der Waals surface area contributed by atoms with E-state index in [0.717, 1.165) is 15.4 Å². The number of alkyl halides is 2. The van der Waals surface area contributed by atoms with Gasteiger partial charge >= 0.3 is 83.5 Å². The molecule has 1 amide bonds. The van der Waals surface area contributed by atoms with Crippen LogP contribution >= 0.6 is 0 Å². The molecule has 4 heteroatoms. The molecule has 0 aliphatic carbocycles. The number of nitrogens with one attached hydrogen (secondary N) is 1. The number of rotatable bonds is 6. The van der Waals surface area contributed by atoms with E-state index in [1.807, 2.05) is 0 Å². The monoisotopic (exact) mass is 284 g/mol. The zero-order valence-corrected chi connectivity index (χ0v) is 9.68. The topological polar surface area (TPSA) is 46.2 Å². The van der Waals surface area contributed by atoms with Crippen molar-refractivity contribution in [1.82, 2.24) is 5.32 Å². The van der Waals surface area contributed by atoms with Crippen molar-refractivity contribution in [2.75, 3.05) is 8.98 Å². The maximum absolute atomic E-state index is 10.5. The van der Waals surface area contributed by atoms with Crippen molar-refractivity contribution in [2.45, 2.75) is 26.7 Å². The van der Waals surface area contributed by atoms with Crippen molar-refractivity contribution in [3.05, 3.63) is 0 Å². The van der Waals surface area contributed by atoms with Gasteiger partial charge in [-0.05, 0) is 0 Å². The van der Waals surface area contributed by atoms with E-state index < -0.39 is 0 Å². The van der Waals surface area contributed by atoms with Crippen molar-refractivity contribution in [3.63, 3.8) is 0 Å². The Balaban J connectivity index is 3.01. The van der Waals surface area contributed by atoms with Crippen LogP contribution in [0.3, 0.4) is 0 Å². The molecule has 0 aliphatic rings. The summed E-state index contributed by atoms with van der Waals surface area (Å²) in [6.45, 7) is 3.14. The predicted octanol–water partition coefficient (Wildman–Crippen LogP) is -2.46. The van der Waals surface area contributed by atoms with Crippen LogP contribution in [-0.4, -0.2) is 20.7 Å². The predicted molar refractivity (Wildman–Crippen MR) is 43.5 cm³/mol. The molecule has 0 aliphatic heterocycles. The molecule has 0 rings (SSSR count). The van der Waals surface area contributed by atoms with Crippen LogP contribution in [0.1, 0.15) is 26.7 Å². The molecule has 0 radical (unpaired) electrons. The summed E-state index contributed by atoms with van der Waals surface area (Å²) in [6, 6.07) is 0. The van der Waals surface area contributed by atoms with E-state index in [2.05, 4.69) is 5.32 Å². The van der Waals surface area contributed by atoms with Gasteiger partial charge in [-0.2, -0.15) is 0 Å². The van der Waals surface area contributed by atoms with Gasteiger partial charge in [0, 0.05) is 0 Å². The van der Waals surface area contributed by atoms with Crippen LogP contribution in [0.5, 0.6) is 0 Å². The minimum absolute atomic E-state index is 0.0428. The standard InChI is InChI=1S/C8H15INO2/c1-7(11)4-3-5-9-6-10-8(2)12/h3-6H2,1-2H3,(H,10,12)/q-1. The van der Waals surface area contributed by atoms with Crippen molar-refractivity contribution >= 4 is 11.7 Å². The first-order valence-corrected chi connectivity index (χ1v) is 6.95. The minimum atomic E-state index is 0.0428. The normalized spacial score (nSPS) is 9.83. The maximum atomic E-state index is 10.5. The van der Waals surface area contributed by atoms with E-state index in [0.29, 0.717) is 6.42 Å². The molecule has 0 unspecified atom stereocenters. The van der Waals surface area contributed by atoms with Crippen molar-refractivity contribution in [2.24, 2.45) is 0 Å². The average molecular weight is 284 g/mol. The Morgan fingerprint density at radius 1 is 1.33 bits per heavy atom. The van der Waals surface area contributed by atoms with E-state index in [-0.39, 0.29) is 32.9 Å². The number of amides is 1. The Morgan fingerprint density at radius 2 is 2.00 bits per heavy atom. The number of Topliss-reactive ketones (excluding diaryl/α,β-unsaturated/α-hetero) is 1. The van der Waals surface area contributed by atoms with Crippen LogP contribution in [0.15, 0.2) is 0 Å². The van der Waals surface area contributed by atoms with Gasteiger partial charge in [0.2, 0.25) is 0 Å². The first kappa shape index (κ1) is 11.9. The fraction of sp³-hybridized carbons (Fsp3) is 0.750. The Kier molecular flexibility index (Phi) is 7.43. The van der Waals surface area contributed by atoms with Gasteiger partial charge in [-0.25, -0.2) is 0 Å². The molecule has 0 saturated carbocycles. The van der Waals surface area contributed by atoms with Crippen LogP contribution in [-0.2, 0) is 9.59 Å². The van der Waals surface area contributed by atoms with Gasteiger partial charge in [0.1, 0.15) is 0 Å². The van der Waals surface area contributed by atoms with Gasteiger partial charge in [0.05, 0.1) is 0 Å². The molecule has 0 aromatic rings. The fourth-order valence-electron chi connectivity index (χ4n) is 0.618. The molecule has 0 heterocycles. The molecular formula is C8H15INO2-. The summed E-state index contributed by atoms with van der Waals surface area (Å²) in [4.78, 5) is 21.0. The zero-order valence-electron chi connectivity index (χ0n) is 7.52. The summed E-state index contributed by atoms with van der Waals surface area (Å²) in [5.74, 6) is 0.305. The summed E-state index contributed by atoms with van der Waals surface area (Å²) < 4.78 is 1.96. The number of carbonyl (C=O) groups excluding carboxylic acids is 2. The van der Waals surface area contributed by atoms with E-state index in [1.165, 1.54) is 6.92 Å². The van der Waals surface area contributed by atoms with Gasteiger partial charge in [-0.1, -0.05) is 0 Å². The summed E-state index contributed by atoms with van der Waals surface area (Å²) in [5.41, 5.74) is 0. The molecule has 0 aromatic carbocycles. The average Bonchev–Trinajstić information content (AvgIpc) is 1.95. The van der Waals surface area contributed by atoms with Crippen molar-refractivity contribution < 1.29 is 30.8 Å². The van der Waals surface area contributed by atoms with Crippen LogP contribution in [0.25, 0.3) is 0 Å². The summed E-state index contributed by atoms with van der Waals surface area (Å²) in [7, 11) is 0. The number of hydrogen-bond donors (Lipinski definition) is 1. The van der Waals surface area contributed by atoms with Crippen molar-refractivity contribution in [3.8, 4) is 0 Å². The van der Waals surface area contributed by atoms with E-state index >= 15 is 0 Å². The number of ketones is 1. The van der Waals surface area contributed by atoms with Crippen LogP contribution in [0, 0.1) is 0 Å². The molecule has 0 saturated heterocycles. The van der Waals surface area contributed by atoms with E-state index in [1.54, 1.807) is 6.92 Å². The van der Waals surface area contributed by atoms with Crippen LogP contribution in [0.4, 0.5) is 0 Å². The van der Waals surface area contributed by atoms with Gasteiger partial charge in [0.15, 0.2) is 0 Å².